The Bertz CT molecular complexity index is 660. The normalized spacial score (nSPS) is 20.0. The molecule has 0 spiro atoms. The molecule has 0 bridgehead atoms. The summed E-state index contributed by atoms with van der Waals surface area (Å²) in [5.74, 6) is -3.02. The molecule has 1 heterocycles. The number of benzene rings is 1. The summed E-state index contributed by atoms with van der Waals surface area (Å²) in [7, 11) is 0. The largest absolute Gasteiger partial charge is 0.465 e. The molecule has 1 fully saturated rings. The lowest BCUT2D eigenvalue weighted by molar-refractivity contribution is -0.151. The van der Waals surface area contributed by atoms with Gasteiger partial charge in [-0.05, 0) is 19.4 Å². The third-order valence-electron chi connectivity index (χ3n) is 3.77. The van der Waals surface area contributed by atoms with Crippen LogP contribution in [0, 0.1) is 24.2 Å². The Morgan fingerprint density at radius 2 is 2.05 bits per heavy atom. The second-order valence-corrected chi connectivity index (χ2v) is 5.18. The van der Waals surface area contributed by atoms with Gasteiger partial charge in [-0.25, -0.2) is 4.79 Å². The Morgan fingerprint density at radius 3 is 2.50 bits per heavy atom. The topological polar surface area (TPSA) is 96.3 Å². The van der Waals surface area contributed by atoms with E-state index in [1.807, 2.05) is 13.0 Å². The van der Waals surface area contributed by atoms with Crippen LogP contribution in [-0.2, 0) is 24.5 Å². The molecular formula is C16H16N2O4. The van der Waals surface area contributed by atoms with Gasteiger partial charge in [-0.1, -0.05) is 29.8 Å². The van der Waals surface area contributed by atoms with E-state index in [1.54, 1.807) is 31.2 Å². The maximum Gasteiger partial charge on any atom is 0.331 e. The van der Waals surface area contributed by atoms with Gasteiger partial charge < -0.3 is 4.74 Å². The molecule has 0 unspecified atom stereocenters. The number of rotatable bonds is 4. The predicted octanol–water partition coefficient (Wildman–Crippen LogP) is 0.982. The van der Waals surface area contributed by atoms with Crippen LogP contribution in [-0.4, -0.2) is 24.4 Å². The zero-order valence-corrected chi connectivity index (χ0v) is 12.4. The molecule has 0 aromatic heterocycles. The van der Waals surface area contributed by atoms with Crippen molar-refractivity contribution in [1.29, 1.82) is 5.26 Å². The van der Waals surface area contributed by atoms with Gasteiger partial charge >= 0.3 is 5.97 Å². The van der Waals surface area contributed by atoms with Crippen molar-refractivity contribution in [3.8, 4) is 6.07 Å². The number of nitriles is 1. The lowest BCUT2D eigenvalue weighted by Gasteiger charge is -2.28. The van der Waals surface area contributed by atoms with Crippen LogP contribution in [0.1, 0.15) is 24.5 Å². The van der Waals surface area contributed by atoms with Gasteiger partial charge in [-0.2, -0.15) is 5.26 Å². The number of ether oxygens (including phenoxy) is 1. The first-order chi connectivity index (χ1) is 10.5. The van der Waals surface area contributed by atoms with E-state index >= 15 is 0 Å². The number of hydrogen-bond acceptors (Lipinski definition) is 5. The molecule has 2 amide bonds. The van der Waals surface area contributed by atoms with E-state index in [4.69, 9.17) is 4.74 Å². The fraction of sp³-hybridized carbons (Fsp3) is 0.375. The van der Waals surface area contributed by atoms with Crippen LogP contribution < -0.4 is 5.32 Å². The molecule has 22 heavy (non-hydrogen) atoms. The van der Waals surface area contributed by atoms with Crippen LogP contribution in [0.15, 0.2) is 24.3 Å². The third kappa shape index (κ3) is 2.46. The summed E-state index contributed by atoms with van der Waals surface area (Å²) in [6, 6.07) is 8.67. The standard InChI is InChI=1S/C16H16N2O4/c1-3-22-15(21)16(9-17,11-6-4-10(2)5-7-11)12-8-13(19)18-14(12)20/h4-7,12H,3,8H2,1-2H3,(H,18,19,20)/t12-,16-/m1/s1. The Kier molecular flexibility index (Phi) is 4.27. The predicted molar refractivity (Wildman–Crippen MR) is 76.4 cm³/mol. The summed E-state index contributed by atoms with van der Waals surface area (Å²) in [6.45, 7) is 3.57. The molecule has 6 nitrogen and oxygen atoms in total. The van der Waals surface area contributed by atoms with Gasteiger partial charge in [0.2, 0.25) is 11.8 Å². The van der Waals surface area contributed by atoms with Crippen LogP contribution in [0.3, 0.4) is 0 Å². The summed E-state index contributed by atoms with van der Waals surface area (Å²) >= 11 is 0. The molecule has 1 aliphatic rings. The smallest absolute Gasteiger partial charge is 0.331 e. The Hall–Kier alpha value is -2.68. The quantitative estimate of drug-likeness (QED) is 0.660. The molecule has 6 heteroatoms. The van der Waals surface area contributed by atoms with E-state index in [9.17, 15) is 19.6 Å². The molecule has 1 aliphatic heterocycles. The second-order valence-electron chi connectivity index (χ2n) is 5.18. The van der Waals surface area contributed by atoms with E-state index < -0.39 is 29.1 Å². The molecule has 0 saturated carbocycles. The summed E-state index contributed by atoms with van der Waals surface area (Å²) in [5, 5.41) is 11.9. The third-order valence-corrected chi connectivity index (χ3v) is 3.77. The van der Waals surface area contributed by atoms with Crippen molar-refractivity contribution in [3.63, 3.8) is 0 Å². The molecular weight excluding hydrogens is 284 g/mol. The van der Waals surface area contributed by atoms with Gasteiger partial charge in [-0.15, -0.1) is 0 Å². The Balaban J connectivity index is 2.60. The van der Waals surface area contributed by atoms with Crippen LogP contribution in [0.5, 0.6) is 0 Å². The van der Waals surface area contributed by atoms with Crippen LogP contribution in [0.4, 0.5) is 0 Å². The summed E-state index contributed by atoms with van der Waals surface area (Å²) in [4.78, 5) is 36.0. The first-order valence-corrected chi connectivity index (χ1v) is 6.95. The average molecular weight is 300 g/mol. The number of aryl methyl sites for hydroxylation is 1. The number of carbonyl (C=O) groups excluding carboxylic acids is 3. The molecule has 114 valence electrons. The number of amides is 2. The lowest BCUT2D eigenvalue weighted by Crippen LogP contribution is -2.46. The molecule has 1 N–H and O–H groups in total. The van der Waals surface area contributed by atoms with E-state index in [0.717, 1.165) is 5.56 Å². The van der Waals surface area contributed by atoms with Crippen molar-refractivity contribution in [2.24, 2.45) is 5.92 Å². The Morgan fingerprint density at radius 1 is 1.41 bits per heavy atom. The highest BCUT2D eigenvalue weighted by molar-refractivity contribution is 6.08. The van der Waals surface area contributed by atoms with Gasteiger partial charge in [0, 0.05) is 6.42 Å². The minimum absolute atomic E-state index is 0.0798. The zero-order chi connectivity index (χ0) is 16.3. The van der Waals surface area contributed by atoms with Gasteiger partial charge in [0.25, 0.3) is 0 Å². The van der Waals surface area contributed by atoms with Crippen molar-refractivity contribution in [3.05, 3.63) is 35.4 Å². The van der Waals surface area contributed by atoms with Gasteiger partial charge in [0.15, 0.2) is 5.41 Å². The van der Waals surface area contributed by atoms with Crippen molar-refractivity contribution >= 4 is 17.8 Å². The molecule has 0 radical (unpaired) electrons. The van der Waals surface area contributed by atoms with Crippen molar-refractivity contribution < 1.29 is 19.1 Å². The second kappa shape index (κ2) is 5.98. The van der Waals surface area contributed by atoms with Crippen molar-refractivity contribution in [2.45, 2.75) is 25.7 Å². The number of nitrogens with one attached hydrogen (secondary N) is 1. The minimum atomic E-state index is -1.82. The van der Waals surface area contributed by atoms with E-state index in [0.29, 0.717) is 5.56 Å². The molecule has 1 aromatic rings. The van der Waals surface area contributed by atoms with Crippen molar-refractivity contribution in [2.75, 3.05) is 6.61 Å². The first-order valence-electron chi connectivity index (χ1n) is 6.95. The maximum absolute atomic E-state index is 12.5. The van der Waals surface area contributed by atoms with Gasteiger partial charge in [0.1, 0.15) is 0 Å². The van der Waals surface area contributed by atoms with Crippen LogP contribution in [0.2, 0.25) is 0 Å². The number of hydrogen-bond donors (Lipinski definition) is 1. The lowest BCUT2D eigenvalue weighted by atomic mass is 9.70. The fourth-order valence-electron chi connectivity index (χ4n) is 2.61. The Labute approximate surface area is 128 Å². The molecule has 1 aromatic carbocycles. The summed E-state index contributed by atoms with van der Waals surface area (Å²) in [5.41, 5.74) is -0.514. The zero-order valence-electron chi connectivity index (χ0n) is 12.4. The highest BCUT2D eigenvalue weighted by Crippen LogP contribution is 2.38. The maximum atomic E-state index is 12.5. The monoisotopic (exact) mass is 300 g/mol. The van der Waals surface area contributed by atoms with Gasteiger partial charge in [-0.3, -0.25) is 14.9 Å². The highest BCUT2D eigenvalue weighted by Gasteiger charge is 2.55. The van der Waals surface area contributed by atoms with Crippen molar-refractivity contribution in [1.82, 2.24) is 5.32 Å². The summed E-state index contributed by atoms with van der Waals surface area (Å²) in [6.07, 6.45) is -0.209. The molecule has 2 rings (SSSR count). The summed E-state index contributed by atoms with van der Waals surface area (Å²) < 4.78 is 5.03. The molecule has 0 aliphatic carbocycles. The number of nitrogens with zero attached hydrogens (tertiary/aromatic N) is 1. The fourth-order valence-corrected chi connectivity index (χ4v) is 2.61. The van der Waals surface area contributed by atoms with Gasteiger partial charge in [0.05, 0.1) is 18.6 Å². The van der Waals surface area contributed by atoms with E-state index in [1.165, 1.54) is 0 Å². The average Bonchev–Trinajstić information content (AvgIpc) is 2.82. The first kappa shape index (κ1) is 15.7. The molecule has 2 atom stereocenters. The van der Waals surface area contributed by atoms with E-state index in [2.05, 4.69) is 5.32 Å². The van der Waals surface area contributed by atoms with Crippen LogP contribution >= 0.6 is 0 Å². The molecule has 1 saturated heterocycles. The SMILES string of the molecule is CCOC(=O)[C@](C#N)(c1ccc(C)cc1)[C@@H]1CC(=O)NC1=O. The number of carbonyl (C=O) groups is 3. The highest BCUT2D eigenvalue weighted by atomic mass is 16.5. The number of esters is 1. The van der Waals surface area contributed by atoms with E-state index in [-0.39, 0.29) is 13.0 Å². The minimum Gasteiger partial charge on any atom is -0.465 e. The van der Waals surface area contributed by atoms with Crippen LogP contribution in [0.25, 0.3) is 0 Å². The number of imide groups is 1.